The van der Waals surface area contributed by atoms with Crippen LogP contribution in [0, 0.1) is 0 Å². The van der Waals surface area contributed by atoms with E-state index in [4.69, 9.17) is 4.74 Å². The molecule has 1 atom stereocenters. The maximum atomic E-state index is 10.1. The highest BCUT2D eigenvalue weighted by atomic mass is 16.5. The molecule has 0 aromatic carbocycles. The van der Waals surface area contributed by atoms with Crippen molar-refractivity contribution in [1.29, 1.82) is 0 Å². The third-order valence-electron chi connectivity index (χ3n) is 1.33. The van der Waals surface area contributed by atoms with Crippen LogP contribution in [0.4, 0.5) is 0 Å². The van der Waals surface area contributed by atoms with Crippen LogP contribution in [0.5, 0.6) is 0 Å². The van der Waals surface area contributed by atoms with E-state index in [2.05, 4.69) is 5.32 Å². The Morgan fingerprint density at radius 1 is 1.56 bits per heavy atom. The Morgan fingerprint density at radius 2 is 2.44 bits per heavy atom. The Bertz CT molecular complexity index is 87.1. The van der Waals surface area contributed by atoms with Gasteiger partial charge >= 0.3 is 0 Å². The molecule has 1 rings (SSSR count). The van der Waals surface area contributed by atoms with Crippen LogP contribution in [0.15, 0.2) is 0 Å². The van der Waals surface area contributed by atoms with Gasteiger partial charge in [-0.15, -0.1) is 0 Å². The fourth-order valence-corrected chi connectivity index (χ4v) is 0.811. The second kappa shape index (κ2) is 3.58. The zero-order chi connectivity index (χ0) is 6.53. The average molecular weight is 128 g/mol. The molecular formula is C6H10NO2. The van der Waals surface area contributed by atoms with Crippen molar-refractivity contribution in [2.75, 3.05) is 19.8 Å². The van der Waals surface area contributed by atoms with E-state index >= 15 is 0 Å². The van der Waals surface area contributed by atoms with Crippen LogP contribution in [0.1, 0.15) is 6.42 Å². The van der Waals surface area contributed by atoms with Crippen molar-refractivity contribution in [3.05, 3.63) is 0 Å². The molecule has 1 aliphatic rings. The summed E-state index contributed by atoms with van der Waals surface area (Å²) < 4.78 is 5.09. The standard InChI is InChI=1S/C6H10NO2/c8-5-6-1-3-9-4-2-7-6/h6-7H,1-4H2. The number of rotatable bonds is 1. The van der Waals surface area contributed by atoms with Crippen molar-refractivity contribution < 1.29 is 9.53 Å². The van der Waals surface area contributed by atoms with Crippen molar-refractivity contribution in [3.8, 4) is 0 Å². The summed E-state index contributed by atoms with van der Waals surface area (Å²) >= 11 is 0. The van der Waals surface area contributed by atoms with E-state index in [1.807, 2.05) is 6.29 Å². The first kappa shape index (κ1) is 6.71. The Labute approximate surface area is 54.4 Å². The average Bonchev–Trinajstić information content (AvgIpc) is 2.13. The first-order valence-electron chi connectivity index (χ1n) is 3.12. The minimum Gasteiger partial charge on any atom is -0.380 e. The van der Waals surface area contributed by atoms with Gasteiger partial charge in [-0.2, -0.15) is 0 Å². The van der Waals surface area contributed by atoms with Crippen LogP contribution in [-0.4, -0.2) is 32.1 Å². The molecule has 1 saturated heterocycles. The number of hydrogen-bond donors (Lipinski definition) is 1. The number of carbonyl (C=O) groups excluding carboxylic acids is 1. The quantitative estimate of drug-likeness (QED) is 0.516. The van der Waals surface area contributed by atoms with Crippen molar-refractivity contribution >= 4 is 6.29 Å². The highest BCUT2D eigenvalue weighted by molar-refractivity contribution is 5.58. The fourth-order valence-electron chi connectivity index (χ4n) is 0.811. The molecule has 3 heteroatoms. The van der Waals surface area contributed by atoms with E-state index in [1.165, 1.54) is 0 Å². The van der Waals surface area contributed by atoms with Crippen LogP contribution in [0.25, 0.3) is 0 Å². The van der Waals surface area contributed by atoms with E-state index in [9.17, 15) is 4.79 Å². The summed E-state index contributed by atoms with van der Waals surface area (Å²) in [4.78, 5) is 10.1. The van der Waals surface area contributed by atoms with E-state index in [0.29, 0.717) is 13.2 Å². The van der Waals surface area contributed by atoms with Gasteiger partial charge in [-0.3, -0.25) is 4.79 Å². The van der Waals surface area contributed by atoms with Gasteiger partial charge in [0.05, 0.1) is 12.6 Å². The summed E-state index contributed by atoms with van der Waals surface area (Å²) in [6.07, 6.45) is 2.66. The lowest BCUT2D eigenvalue weighted by Crippen LogP contribution is -2.30. The van der Waals surface area contributed by atoms with E-state index in [-0.39, 0.29) is 6.04 Å². The normalized spacial score (nSPS) is 29.1. The molecule has 1 unspecified atom stereocenters. The molecule has 0 aromatic rings. The largest absolute Gasteiger partial charge is 0.380 e. The van der Waals surface area contributed by atoms with Crippen molar-refractivity contribution in [1.82, 2.24) is 5.32 Å². The minimum atomic E-state index is -0.104. The second-order valence-corrected chi connectivity index (χ2v) is 2.03. The Balaban J connectivity index is 2.26. The molecule has 1 fully saturated rings. The van der Waals surface area contributed by atoms with E-state index < -0.39 is 0 Å². The topological polar surface area (TPSA) is 38.3 Å². The third kappa shape index (κ3) is 2.11. The summed E-state index contributed by atoms with van der Waals surface area (Å²) in [5.74, 6) is 0. The molecule has 0 amide bonds. The second-order valence-electron chi connectivity index (χ2n) is 2.03. The van der Waals surface area contributed by atoms with Crippen molar-refractivity contribution in [2.45, 2.75) is 12.5 Å². The fraction of sp³-hybridized carbons (Fsp3) is 0.833. The highest BCUT2D eigenvalue weighted by Crippen LogP contribution is 1.93. The van der Waals surface area contributed by atoms with E-state index in [1.54, 1.807) is 0 Å². The molecule has 0 spiro atoms. The zero-order valence-corrected chi connectivity index (χ0v) is 5.22. The molecule has 1 aliphatic heterocycles. The van der Waals surface area contributed by atoms with Gasteiger partial charge in [0.25, 0.3) is 0 Å². The minimum absolute atomic E-state index is 0.104. The molecule has 1 heterocycles. The predicted molar refractivity (Wildman–Crippen MR) is 32.9 cm³/mol. The van der Waals surface area contributed by atoms with Crippen LogP contribution >= 0.6 is 0 Å². The first-order valence-corrected chi connectivity index (χ1v) is 3.12. The summed E-state index contributed by atoms with van der Waals surface area (Å²) in [6.45, 7) is 2.14. The molecular weight excluding hydrogens is 118 g/mol. The third-order valence-corrected chi connectivity index (χ3v) is 1.33. The molecule has 1 N–H and O–H groups in total. The summed E-state index contributed by atoms with van der Waals surface area (Å²) in [6, 6.07) is -0.104. The number of ether oxygens (including phenoxy) is 1. The number of nitrogens with one attached hydrogen (secondary N) is 1. The lowest BCUT2D eigenvalue weighted by molar-refractivity contribution is 0.151. The van der Waals surface area contributed by atoms with Gasteiger partial charge < -0.3 is 10.1 Å². The Kier molecular flexibility index (Phi) is 2.67. The highest BCUT2D eigenvalue weighted by Gasteiger charge is 2.09. The lowest BCUT2D eigenvalue weighted by Gasteiger charge is -2.02. The summed E-state index contributed by atoms with van der Waals surface area (Å²) in [7, 11) is 0. The van der Waals surface area contributed by atoms with Crippen molar-refractivity contribution in [2.24, 2.45) is 0 Å². The maximum absolute atomic E-state index is 10.1. The number of hydrogen-bond acceptors (Lipinski definition) is 3. The molecule has 0 bridgehead atoms. The van der Waals surface area contributed by atoms with Gasteiger partial charge in [0.15, 0.2) is 0 Å². The van der Waals surface area contributed by atoms with Crippen molar-refractivity contribution in [3.63, 3.8) is 0 Å². The van der Waals surface area contributed by atoms with Crippen LogP contribution < -0.4 is 5.32 Å². The Hall–Kier alpha value is -0.410. The smallest absolute Gasteiger partial charge is 0.216 e. The molecule has 51 valence electrons. The van der Waals surface area contributed by atoms with Crippen LogP contribution in [-0.2, 0) is 9.53 Å². The molecule has 1 radical (unpaired) electrons. The van der Waals surface area contributed by atoms with Gasteiger partial charge in [-0.25, -0.2) is 0 Å². The van der Waals surface area contributed by atoms with Crippen LogP contribution in [0.2, 0.25) is 0 Å². The molecule has 3 nitrogen and oxygen atoms in total. The van der Waals surface area contributed by atoms with Gasteiger partial charge in [0.2, 0.25) is 6.29 Å². The van der Waals surface area contributed by atoms with E-state index in [0.717, 1.165) is 13.0 Å². The summed E-state index contributed by atoms with van der Waals surface area (Å²) in [5.41, 5.74) is 0. The Morgan fingerprint density at radius 3 is 3.22 bits per heavy atom. The molecule has 9 heavy (non-hydrogen) atoms. The predicted octanol–water partition coefficient (Wildman–Crippen LogP) is -0.525. The lowest BCUT2D eigenvalue weighted by atomic mass is 10.2. The molecule has 0 aromatic heterocycles. The maximum Gasteiger partial charge on any atom is 0.216 e. The van der Waals surface area contributed by atoms with Gasteiger partial charge in [0, 0.05) is 13.2 Å². The molecule has 0 aliphatic carbocycles. The molecule has 0 saturated carbocycles. The monoisotopic (exact) mass is 128 g/mol. The summed E-state index contributed by atoms with van der Waals surface area (Å²) in [5, 5.41) is 2.98. The van der Waals surface area contributed by atoms with Crippen LogP contribution in [0.3, 0.4) is 0 Å². The SMILES string of the molecule is O=[C]C1CCOCCN1. The van der Waals surface area contributed by atoms with Gasteiger partial charge in [-0.05, 0) is 6.42 Å². The van der Waals surface area contributed by atoms with Gasteiger partial charge in [-0.1, -0.05) is 0 Å². The first-order chi connectivity index (χ1) is 4.43. The van der Waals surface area contributed by atoms with Gasteiger partial charge in [0.1, 0.15) is 0 Å². The zero-order valence-electron chi connectivity index (χ0n) is 5.22.